The molecule has 7 nitrogen and oxygen atoms in total. The molecule has 0 aromatic rings. The molecule has 0 aliphatic carbocycles. The van der Waals surface area contributed by atoms with Crippen LogP contribution in [0, 0.1) is 5.92 Å². The van der Waals surface area contributed by atoms with Crippen LogP contribution in [0.25, 0.3) is 0 Å². The summed E-state index contributed by atoms with van der Waals surface area (Å²) in [4.78, 5) is 4.48. The van der Waals surface area contributed by atoms with Gasteiger partial charge >= 0.3 is 0 Å². The Labute approximate surface area is 164 Å². The van der Waals surface area contributed by atoms with Crippen LogP contribution in [-0.2, 0) is 14.8 Å². The molecule has 1 aliphatic heterocycles. The van der Waals surface area contributed by atoms with E-state index in [1.165, 1.54) is 0 Å². The van der Waals surface area contributed by atoms with Gasteiger partial charge in [-0.1, -0.05) is 13.8 Å². The van der Waals surface area contributed by atoms with Gasteiger partial charge in [0.25, 0.3) is 0 Å². The van der Waals surface area contributed by atoms with Gasteiger partial charge in [-0.3, -0.25) is 4.99 Å². The number of aliphatic imine (C=N–C) groups is 1. The van der Waals surface area contributed by atoms with Crippen LogP contribution in [-0.4, -0.2) is 70.4 Å². The van der Waals surface area contributed by atoms with E-state index in [9.17, 15) is 8.42 Å². The first-order valence-corrected chi connectivity index (χ1v) is 10.1. The topological polar surface area (TPSA) is 83.0 Å². The van der Waals surface area contributed by atoms with Crippen LogP contribution in [0.15, 0.2) is 4.99 Å². The first-order chi connectivity index (χ1) is 11.0. The lowest BCUT2D eigenvalue weighted by Gasteiger charge is -2.16. The number of ether oxygens (including phenoxy) is 1. The fourth-order valence-electron chi connectivity index (χ4n) is 2.26. The third kappa shape index (κ3) is 10.00. The molecule has 2 N–H and O–H groups in total. The summed E-state index contributed by atoms with van der Waals surface area (Å²) in [5, 5.41) is 6.35. The Morgan fingerprint density at radius 2 is 2.08 bits per heavy atom. The van der Waals surface area contributed by atoms with Crippen LogP contribution >= 0.6 is 24.0 Å². The predicted molar refractivity (Wildman–Crippen MR) is 110 cm³/mol. The number of guanidine groups is 1. The summed E-state index contributed by atoms with van der Waals surface area (Å²) < 4.78 is 30.5. The molecule has 1 rings (SSSR count). The largest absolute Gasteiger partial charge is 0.381 e. The summed E-state index contributed by atoms with van der Waals surface area (Å²) in [5.41, 5.74) is 0. The van der Waals surface area contributed by atoms with Gasteiger partial charge in [-0.25, -0.2) is 12.7 Å². The second-order valence-electron chi connectivity index (χ2n) is 6.08. The maximum atomic E-state index is 11.7. The lowest BCUT2D eigenvalue weighted by atomic mass is 10.2. The normalized spacial score (nSPS) is 17.8. The van der Waals surface area contributed by atoms with Crippen molar-refractivity contribution in [2.75, 3.05) is 51.7 Å². The molecule has 1 saturated heterocycles. The minimum atomic E-state index is -3.02. The number of hydrogen-bond acceptors (Lipinski definition) is 4. The molecule has 0 aromatic heterocycles. The Hall–Kier alpha value is -0.130. The fraction of sp³-hybridized carbons (Fsp3) is 0.933. The Morgan fingerprint density at radius 3 is 2.67 bits per heavy atom. The maximum Gasteiger partial charge on any atom is 0.214 e. The van der Waals surface area contributed by atoms with Crippen molar-refractivity contribution in [1.82, 2.24) is 14.9 Å². The van der Waals surface area contributed by atoms with E-state index in [0.29, 0.717) is 38.7 Å². The van der Waals surface area contributed by atoms with E-state index in [1.54, 1.807) is 4.31 Å². The van der Waals surface area contributed by atoms with Crippen LogP contribution in [0.2, 0.25) is 0 Å². The number of nitrogens with one attached hydrogen (secondary N) is 2. The van der Waals surface area contributed by atoms with Gasteiger partial charge in [0, 0.05) is 45.9 Å². The average Bonchev–Trinajstić information content (AvgIpc) is 2.81. The van der Waals surface area contributed by atoms with E-state index < -0.39 is 10.0 Å². The van der Waals surface area contributed by atoms with Crippen molar-refractivity contribution in [3.8, 4) is 0 Å². The van der Waals surface area contributed by atoms with Gasteiger partial charge in [0.05, 0.1) is 5.75 Å². The van der Waals surface area contributed by atoms with Crippen molar-refractivity contribution in [3.63, 3.8) is 0 Å². The van der Waals surface area contributed by atoms with Crippen molar-refractivity contribution in [1.29, 1.82) is 0 Å². The molecular formula is C15H33IN4O3S. The molecule has 9 heteroatoms. The maximum absolute atomic E-state index is 11.7. The van der Waals surface area contributed by atoms with Crippen LogP contribution in [0.1, 0.15) is 33.6 Å². The van der Waals surface area contributed by atoms with Crippen LogP contribution in [0.3, 0.4) is 0 Å². The van der Waals surface area contributed by atoms with Crippen LogP contribution in [0.4, 0.5) is 0 Å². The Kier molecular flexibility index (Phi) is 13.1. The number of hydrogen-bond donors (Lipinski definition) is 2. The Balaban J connectivity index is 0.00000529. The molecule has 144 valence electrons. The molecule has 0 atom stereocenters. The molecule has 24 heavy (non-hydrogen) atoms. The fourth-order valence-corrected chi connectivity index (χ4v) is 3.79. The summed E-state index contributed by atoms with van der Waals surface area (Å²) in [6.45, 7) is 10.9. The highest BCUT2D eigenvalue weighted by molar-refractivity contribution is 14.0. The van der Waals surface area contributed by atoms with Crippen molar-refractivity contribution >= 4 is 40.0 Å². The van der Waals surface area contributed by atoms with Gasteiger partial charge in [-0.05, 0) is 25.7 Å². The summed E-state index contributed by atoms with van der Waals surface area (Å²) in [7, 11) is -3.02. The average molecular weight is 476 g/mol. The zero-order chi connectivity index (χ0) is 17.1. The second-order valence-corrected chi connectivity index (χ2v) is 8.17. The molecule has 1 fully saturated rings. The summed E-state index contributed by atoms with van der Waals surface area (Å²) in [6, 6.07) is 0. The second kappa shape index (κ2) is 13.1. The van der Waals surface area contributed by atoms with Gasteiger partial charge in [0.15, 0.2) is 5.96 Å². The minimum absolute atomic E-state index is 0. The minimum Gasteiger partial charge on any atom is -0.381 e. The smallest absolute Gasteiger partial charge is 0.214 e. The third-order valence-corrected chi connectivity index (χ3v) is 5.33. The highest BCUT2D eigenvalue weighted by Crippen LogP contribution is 2.11. The highest BCUT2D eigenvalue weighted by atomic mass is 127. The standard InChI is InChI=1S/C15H32N4O3S.HI/c1-4-16-15(17-7-5-11-22-13-14(2)3)18-8-10-19-9-6-12-23(19,20)21;/h14H,4-13H2,1-3H3,(H2,16,17,18);1H. The Morgan fingerprint density at radius 1 is 1.33 bits per heavy atom. The first-order valence-electron chi connectivity index (χ1n) is 8.53. The van der Waals surface area contributed by atoms with Gasteiger partial charge in [-0.2, -0.15) is 0 Å². The Bertz CT molecular complexity index is 458. The molecule has 1 aliphatic rings. The van der Waals surface area contributed by atoms with Crippen molar-refractivity contribution in [3.05, 3.63) is 0 Å². The number of rotatable bonds is 10. The van der Waals surface area contributed by atoms with E-state index in [0.717, 1.165) is 32.0 Å². The first kappa shape index (κ1) is 23.9. The van der Waals surface area contributed by atoms with Crippen molar-refractivity contribution in [2.24, 2.45) is 10.9 Å². The van der Waals surface area contributed by atoms with E-state index in [4.69, 9.17) is 4.74 Å². The SMILES string of the molecule is CCNC(=NCCCOCC(C)C)NCCN1CCCS1(=O)=O.I. The highest BCUT2D eigenvalue weighted by Gasteiger charge is 2.27. The molecule has 0 amide bonds. The van der Waals surface area contributed by atoms with Gasteiger partial charge in [0.2, 0.25) is 10.0 Å². The monoisotopic (exact) mass is 476 g/mol. The van der Waals surface area contributed by atoms with Crippen LogP contribution in [0.5, 0.6) is 0 Å². The van der Waals surface area contributed by atoms with Crippen molar-refractivity contribution in [2.45, 2.75) is 33.6 Å². The van der Waals surface area contributed by atoms with E-state index in [-0.39, 0.29) is 29.7 Å². The molecule has 0 radical (unpaired) electrons. The van der Waals surface area contributed by atoms with E-state index in [1.807, 2.05) is 6.92 Å². The molecular weight excluding hydrogens is 443 g/mol. The number of halogens is 1. The van der Waals surface area contributed by atoms with E-state index >= 15 is 0 Å². The molecule has 0 aromatic carbocycles. The number of sulfonamides is 1. The predicted octanol–water partition coefficient (Wildman–Crippen LogP) is 1.26. The molecule has 0 saturated carbocycles. The zero-order valence-electron chi connectivity index (χ0n) is 15.1. The van der Waals surface area contributed by atoms with Gasteiger partial charge in [0.1, 0.15) is 0 Å². The molecule has 0 spiro atoms. The third-order valence-electron chi connectivity index (χ3n) is 3.37. The van der Waals surface area contributed by atoms with Gasteiger partial charge < -0.3 is 15.4 Å². The summed E-state index contributed by atoms with van der Waals surface area (Å²) in [6.07, 6.45) is 1.61. The molecule has 0 unspecified atom stereocenters. The lowest BCUT2D eigenvalue weighted by molar-refractivity contribution is 0.109. The summed E-state index contributed by atoms with van der Waals surface area (Å²) >= 11 is 0. The molecule has 1 heterocycles. The van der Waals surface area contributed by atoms with Gasteiger partial charge in [-0.15, -0.1) is 24.0 Å². The molecule has 0 bridgehead atoms. The zero-order valence-corrected chi connectivity index (χ0v) is 18.2. The number of nitrogens with zero attached hydrogens (tertiary/aromatic N) is 2. The van der Waals surface area contributed by atoms with Crippen molar-refractivity contribution < 1.29 is 13.2 Å². The van der Waals surface area contributed by atoms with Crippen LogP contribution < -0.4 is 10.6 Å². The summed E-state index contributed by atoms with van der Waals surface area (Å²) in [5.74, 6) is 1.56. The van der Waals surface area contributed by atoms with E-state index in [2.05, 4.69) is 29.5 Å². The quantitative estimate of drug-likeness (QED) is 0.215. The lowest BCUT2D eigenvalue weighted by Crippen LogP contribution is -2.42.